The highest BCUT2D eigenvalue weighted by Gasteiger charge is 2.60. The maximum absolute atomic E-state index is 12.7. The van der Waals surface area contributed by atoms with Gasteiger partial charge < -0.3 is 19.6 Å². The number of ether oxygens (including phenoxy) is 1. The number of hydrogen-bond donors (Lipinski definition) is 1. The maximum Gasteiger partial charge on any atom is 0.434 e. The predicted molar refractivity (Wildman–Crippen MR) is 108 cm³/mol. The number of rotatable bonds is 5. The van der Waals surface area contributed by atoms with E-state index < -0.39 is 24.5 Å². The number of anilines is 1. The summed E-state index contributed by atoms with van der Waals surface area (Å²) in [6.07, 6.45) is -15.4. The molecule has 2 saturated heterocycles. The van der Waals surface area contributed by atoms with Gasteiger partial charge in [0.25, 0.3) is 6.10 Å². The summed E-state index contributed by atoms with van der Waals surface area (Å²) in [4.78, 5) is 17.0. The van der Waals surface area contributed by atoms with Crippen molar-refractivity contribution in [2.45, 2.75) is 50.8 Å². The third-order valence-corrected chi connectivity index (χ3v) is 5.98. The second-order valence-electron chi connectivity index (χ2n) is 8.41. The lowest BCUT2D eigenvalue weighted by atomic mass is 10.1. The van der Waals surface area contributed by atoms with E-state index in [1.165, 1.54) is 0 Å². The van der Waals surface area contributed by atoms with Gasteiger partial charge in [-0.15, -0.1) is 0 Å². The van der Waals surface area contributed by atoms with Crippen LogP contribution in [0.2, 0.25) is 0 Å². The van der Waals surface area contributed by atoms with E-state index in [1.54, 1.807) is 0 Å². The molecule has 1 N–H and O–H groups in total. The molecular weight excluding hydrogens is 456 g/mol. The molecule has 0 aromatic heterocycles. The highest BCUT2D eigenvalue weighted by molar-refractivity contribution is 5.68. The van der Waals surface area contributed by atoms with Crippen LogP contribution in [-0.4, -0.2) is 84.8 Å². The molecule has 1 aromatic carbocycles. The third kappa shape index (κ3) is 6.23. The largest absolute Gasteiger partial charge is 0.434 e. The van der Waals surface area contributed by atoms with E-state index in [1.807, 2.05) is 30.0 Å². The summed E-state index contributed by atoms with van der Waals surface area (Å²) in [7, 11) is 0. The van der Waals surface area contributed by atoms with Gasteiger partial charge in [-0.3, -0.25) is 4.90 Å². The Morgan fingerprint density at radius 2 is 1.73 bits per heavy atom. The first-order chi connectivity index (χ1) is 15.4. The number of aliphatic hydroxyl groups excluding tert-OH is 1. The number of amides is 1. The number of carbonyl (C=O) groups excluding carboxylic acids is 1. The van der Waals surface area contributed by atoms with Crippen molar-refractivity contribution in [2.24, 2.45) is 0 Å². The number of hydrogen-bond acceptors (Lipinski definition) is 5. The lowest BCUT2D eigenvalue weighted by Gasteiger charge is -2.36. The second-order valence-corrected chi connectivity index (χ2v) is 8.41. The SMILES string of the molecule is Cc1ccc(CN2CCN(C(=O)OC(C(F)(F)F)C(F)(F)F)CC2)c(N2CCCC2CO)c1. The van der Waals surface area contributed by atoms with Gasteiger partial charge in [-0.2, -0.15) is 26.3 Å². The molecule has 0 bridgehead atoms. The lowest BCUT2D eigenvalue weighted by molar-refractivity contribution is -0.308. The summed E-state index contributed by atoms with van der Waals surface area (Å²) in [6.45, 7) is 3.78. The molecule has 186 valence electrons. The van der Waals surface area contributed by atoms with Gasteiger partial charge in [-0.05, 0) is 37.0 Å². The predicted octanol–water partition coefficient (Wildman–Crippen LogP) is 3.70. The minimum Gasteiger partial charge on any atom is -0.426 e. The normalized spacial score (nSPS) is 20.6. The second kappa shape index (κ2) is 9.96. The molecule has 3 rings (SSSR count). The third-order valence-electron chi connectivity index (χ3n) is 5.98. The fourth-order valence-corrected chi connectivity index (χ4v) is 4.24. The Kier molecular flexibility index (Phi) is 7.67. The van der Waals surface area contributed by atoms with Crippen LogP contribution < -0.4 is 4.90 Å². The first kappa shape index (κ1) is 25.4. The fourth-order valence-electron chi connectivity index (χ4n) is 4.24. The quantitative estimate of drug-likeness (QED) is 0.648. The molecule has 0 aliphatic carbocycles. The molecule has 1 amide bonds. The molecule has 0 radical (unpaired) electrons. The molecule has 2 aliphatic heterocycles. The van der Waals surface area contributed by atoms with Gasteiger partial charge in [-0.1, -0.05) is 12.1 Å². The van der Waals surface area contributed by atoms with Crippen LogP contribution in [-0.2, 0) is 11.3 Å². The van der Waals surface area contributed by atoms with Gasteiger partial charge in [0.1, 0.15) is 0 Å². The van der Waals surface area contributed by atoms with E-state index in [-0.39, 0.29) is 38.8 Å². The Morgan fingerprint density at radius 3 is 2.30 bits per heavy atom. The molecule has 2 heterocycles. The van der Waals surface area contributed by atoms with Crippen LogP contribution in [0.25, 0.3) is 0 Å². The van der Waals surface area contributed by atoms with Crippen LogP contribution >= 0.6 is 0 Å². The van der Waals surface area contributed by atoms with Crippen molar-refractivity contribution >= 4 is 11.8 Å². The molecule has 1 atom stereocenters. The van der Waals surface area contributed by atoms with E-state index in [2.05, 4.69) is 9.64 Å². The number of alkyl halides is 6. The highest BCUT2D eigenvalue weighted by Crippen LogP contribution is 2.36. The van der Waals surface area contributed by atoms with Crippen LogP contribution in [0.5, 0.6) is 0 Å². The average molecular weight is 483 g/mol. The first-order valence-corrected chi connectivity index (χ1v) is 10.7. The van der Waals surface area contributed by atoms with Crippen molar-refractivity contribution in [3.8, 4) is 0 Å². The molecule has 33 heavy (non-hydrogen) atoms. The lowest BCUT2D eigenvalue weighted by Crippen LogP contribution is -2.52. The van der Waals surface area contributed by atoms with E-state index in [4.69, 9.17) is 0 Å². The van der Waals surface area contributed by atoms with Crippen molar-refractivity contribution < 1.29 is 41.0 Å². The first-order valence-electron chi connectivity index (χ1n) is 10.7. The van der Waals surface area contributed by atoms with E-state index >= 15 is 0 Å². The Bertz CT molecular complexity index is 810. The molecule has 0 saturated carbocycles. The number of halogens is 6. The average Bonchev–Trinajstić information content (AvgIpc) is 3.20. The smallest absolute Gasteiger partial charge is 0.426 e. The highest BCUT2D eigenvalue weighted by atomic mass is 19.4. The fraction of sp³-hybridized carbons (Fsp3) is 0.667. The zero-order chi connectivity index (χ0) is 24.4. The molecular formula is C21H27F6N3O3. The van der Waals surface area contributed by atoms with Crippen LogP contribution in [0.4, 0.5) is 36.8 Å². The Labute approximate surface area is 187 Å². The van der Waals surface area contributed by atoms with Crippen molar-refractivity contribution in [2.75, 3.05) is 44.2 Å². The number of carbonyl (C=O) groups is 1. The number of benzene rings is 1. The molecule has 0 spiro atoms. The van der Waals surface area contributed by atoms with Crippen molar-refractivity contribution in [3.63, 3.8) is 0 Å². The number of aryl methyl sites for hydroxylation is 1. The van der Waals surface area contributed by atoms with Gasteiger partial charge in [-0.25, -0.2) is 4.79 Å². The van der Waals surface area contributed by atoms with Crippen molar-refractivity contribution in [3.05, 3.63) is 29.3 Å². The van der Waals surface area contributed by atoms with Gasteiger partial charge in [0.15, 0.2) is 0 Å². The zero-order valence-electron chi connectivity index (χ0n) is 18.1. The van der Waals surface area contributed by atoms with Crippen molar-refractivity contribution in [1.82, 2.24) is 9.80 Å². The van der Waals surface area contributed by atoms with E-state index in [0.29, 0.717) is 6.54 Å². The molecule has 2 fully saturated rings. The maximum atomic E-state index is 12.7. The molecule has 2 aliphatic rings. The van der Waals surface area contributed by atoms with Crippen LogP contribution in [0.15, 0.2) is 18.2 Å². The molecule has 12 heteroatoms. The summed E-state index contributed by atoms with van der Waals surface area (Å²) in [5.74, 6) is 0. The topological polar surface area (TPSA) is 56.2 Å². The molecule has 1 unspecified atom stereocenters. The summed E-state index contributed by atoms with van der Waals surface area (Å²) in [5.41, 5.74) is 3.08. The Balaban J connectivity index is 1.62. The van der Waals surface area contributed by atoms with Crippen LogP contribution in [0, 0.1) is 6.92 Å². The minimum absolute atomic E-state index is 0.0346. The standard InChI is InChI=1S/C21H27F6N3O3/c1-14-4-5-15(17(11-14)30-6-2-3-16(30)13-31)12-28-7-9-29(10-8-28)19(32)33-18(20(22,23)24)21(25,26)27/h4-5,11,16,18,31H,2-3,6-10,12-13H2,1H3. The Morgan fingerprint density at radius 1 is 1.09 bits per heavy atom. The number of piperazine rings is 1. The Hall–Kier alpha value is -2.21. The van der Waals surface area contributed by atoms with Crippen molar-refractivity contribution in [1.29, 1.82) is 0 Å². The molecule has 6 nitrogen and oxygen atoms in total. The number of aliphatic hydroxyl groups is 1. The van der Waals surface area contributed by atoms with E-state index in [0.717, 1.165) is 41.1 Å². The van der Waals surface area contributed by atoms with Gasteiger partial charge >= 0.3 is 18.4 Å². The summed E-state index contributed by atoms with van der Waals surface area (Å²) in [6, 6.07) is 6.03. The monoisotopic (exact) mass is 483 g/mol. The van der Waals surface area contributed by atoms with Gasteiger partial charge in [0, 0.05) is 45.0 Å². The summed E-state index contributed by atoms with van der Waals surface area (Å²) < 4.78 is 79.7. The van der Waals surface area contributed by atoms with E-state index in [9.17, 15) is 36.2 Å². The summed E-state index contributed by atoms with van der Waals surface area (Å²) >= 11 is 0. The zero-order valence-corrected chi connectivity index (χ0v) is 18.1. The number of nitrogens with zero attached hydrogens (tertiary/aromatic N) is 3. The van der Waals surface area contributed by atoms with Crippen LogP contribution in [0.3, 0.4) is 0 Å². The van der Waals surface area contributed by atoms with Gasteiger partial charge in [0.2, 0.25) is 0 Å². The molecule has 1 aromatic rings. The summed E-state index contributed by atoms with van der Waals surface area (Å²) in [5, 5.41) is 9.68. The van der Waals surface area contributed by atoms with Crippen LogP contribution in [0.1, 0.15) is 24.0 Å². The minimum atomic E-state index is -5.74. The van der Waals surface area contributed by atoms with Gasteiger partial charge in [0.05, 0.1) is 12.6 Å².